The third kappa shape index (κ3) is 3.07. The molecule has 0 spiro atoms. The first kappa shape index (κ1) is 10.7. The minimum Gasteiger partial charge on any atom is -0.468 e. The lowest BCUT2D eigenvalue weighted by atomic mass is 10.1. The van der Waals surface area contributed by atoms with Gasteiger partial charge in [-0.25, -0.2) is 8.42 Å². The molecule has 84 valence electrons. The Hall–Kier alpha value is -0.810. The van der Waals surface area contributed by atoms with Gasteiger partial charge >= 0.3 is 0 Å². The third-order valence-corrected chi connectivity index (χ3v) is 4.48. The van der Waals surface area contributed by atoms with Gasteiger partial charge in [-0.3, -0.25) is 0 Å². The van der Waals surface area contributed by atoms with Crippen LogP contribution >= 0.6 is 0 Å². The second kappa shape index (κ2) is 4.37. The Morgan fingerprint density at radius 2 is 2.40 bits per heavy atom. The summed E-state index contributed by atoms with van der Waals surface area (Å²) in [6.45, 7) is 1.42. The van der Waals surface area contributed by atoms with Gasteiger partial charge in [-0.15, -0.1) is 0 Å². The van der Waals surface area contributed by atoms with E-state index in [1.54, 1.807) is 6.26 Å². The van der Waals surface area contributed by atoms with Crippen LogP contribution in [0.15, 0.2) is 22.8 Å². The fourth-order valence-electron chi connectivity index (χ4n) is 1.85. The van der Waals surface area contributed by atoms with Crippen LogP contribution in [-0.4, -0.2) is 26.5 Å². The predicted molar refractivity (Wildman–Crippen MR) is 57.2 cm³/mol. The van der Waals surface area contributed by atoms with Gasteiger partial charge in [-0.05, 0) is 31.0 Å². The number of hydrogen-bond acceptors (Lipinski definition) is 4. The zero-order chi connectivity index (χ0) is 10.7. The molecular weight excluding hydrogens is 214 g/mol. The average Bonchev–Trinajstić information content (AvgIpc) is 2.76. The first-order valence-corrected chi connectivity index (χ1v) is 6.91. The van der Waals surface area contributed by atoms with Gasteiger partial charge < -0.3 is 9.73 Å². The number of furan rings is 1. The first-order chi connectivity index (χ1) is 7.16. The Bertz CT molecular complexity index is 396. The van der Waals surface area contributed by atoms with Crippen LogP contribution in [0.5, 0.6) is 0 Å². The molecule has 1 saturated heterocycles. The summed E-state index contributed by atoms with van der Waals surface area (Å²) >= 11 is 0. The highest BCUT2D eigenvalue weighted by Crippen LogP contribution is 2.17. The second-order valence-corrected chi connectivity index (χ2v) is 6.21. The maximum absolute atomic E-state index is 11.2. The summed E-state index contributed by atoms with van der Waals surface area (Å²) in [7, 11) is -2.74. The standard InChI is InChI=1S/C10H15NO3S/c12-15(13)5-3-9(8-15)6-11-7-10-2-1-4-14-10/h1-2,4,9,11H,3,5-8H2. The molecule has 1 fully saturated rings. The zero-order valence-corrected chi connectivity index (χ0v) is 9.29. The molecule has 1 aromatic heterocycles. The van der Waals surface area contributed by atoms with Crippen LogP contribution in [0.3, 0.4) is 0 Å². The molecule has 1 unspecified atom stereocenters. The Labute approximate surface area is 89.6 Å². The summed E-state index contributed by atoms with van der Waals surface area (Å²) in [5.41, 5.74) is 0. The maximum Gasteiger partial charge on any atom is 0.150 e. The second-order valence-electron chi connectivity index (χ2n) is 3.98. The molecule has 0 aromatic carbocycles. The quantitative estimate of drug-likeness (QED) is 0.829. The minimum atomic E-state index is -2.74. The van der Waals surface area contributed by atoms with Gasteiger partial charge in [-0.1, -0.05) is 0 Å². The van der Waals surface area contributed by atoms with Gasteiger partial charge in [0.05, 0.1) is 24.3 Å². The largest absolute Gasteiger partial charge is 0.468 e. The van der Waals surface area contributed by atoms with Crippen LogP contribution in [-0.2, 0) is 16.4 Å². The summed E-state index contributed by atoms with van der Waals surface area (Å²) in [4.78, 5) is 0. The van der Waals surface area contributed by atoms with Crippen molar-refractivity contribution in [2.45, 2.75) is 13.0 Å². The summed E-state index contributed by atoms with van der Waals surface area (Å²) < 4.78 is 27.5. The van der Waals surface area contributed by atoms with Gasteiger partial charge in [-0.2, -0.15) is 0 Å². The normalized spacial score (nSPS) is 24.4. The summed E-state index contributed by atoms with van der Waals surface area (Å²) in [6, 6.07) is 3.75. The van der Waals surface area contributed by atoms with E-state index in [4.69, 9.17) is 4.42 Å². The minimum absolute atomic E-state index is 0.268. The van der Waals surface area contributed by atoms with E-state index in [0.717, 1.165) is 18.7 Å². The van der Waals surface area contributed by atoms with Crippen molar-refractivity contribution in [2.75, 3.05) is 18.1 Å². The lowest BCUT2D eigenvalue weighted by Crippen LogP contribution is -2.23. The SMILES string of the molecule is O=S1(=O)CCC(CNCc2ccco2)C1. The van der Waals surface area contributed by atoms with Crippen molar-refractivity contribution in [3.8, 4) is 0 Å². The van der Waals surface area contributed by atoms with Gasteiger partial charge in [0.2, 0.25) is 0 Å². The smallest absolute Gasteiger partial charge is 0.150 e. The molecule has 15 heavy (non-hydrogen) atoms. The highest BCUT2D eigenvalue weighted by Gasteiger charge is 2.27. The van der Waals surface area contributed by atoms with Crippen molar-refractivity contribution < 1.29 is 12.8 Å². The van der Waals surface area contributed by atoms with Crippen LogP contribution in [0.1, 0.15) is 12.2 Å². The maximum atomic E-state index is 11.2. The molecule has 1 aliphatic rings. The van der Waals surface area contributed by atoms with E-state index in [0.29, 0.717) is 18.1 Å². The Balaban J connectivity index is 1.71. The molecule has 0 aliphatic carbocycles. The van der Waals surface area contributed by atoms with Gasteiger partial charge in [0, 0.05) is 0 Å². The highest BCUT2D eigenvalue weighted by molar-refractivity contribution is 7.91. The Morgan fingerprint density at radius 1 is 1.53 bits per heavy atom. The molecule has 0 radical (unpaired) electrons. The summed E-state index contributed by atoms with van der Waals surface area (Å²) in [5, 5.41) is 3.21. The van der Waals surface area contributed by atoms with Gasteiger partial charge in [0.1, 0.15) is 5.76 Å². The van der Waals surface area contributed by atoms with E-state index in [2.05, 4.69) is 5.32 Å². The predicted octanol–water partition coefficient (Wildman–Crippen LogP) is 0.804. The molecule has 0 saturated carbocycles. The molecule has 4 nitrogen and oxygen atoms in total. The lowest BCUT2D eigenvalue weighted by molar-refractivity contribution is 0.456. The fourth-order valence-corrected chi connectivity index (χ4v) is 3.71. The molecule has 0 bridgehead atoms. The third-order valence-electron chi connectivity index (χ3n) is 2.64. The highest BCUT2D eigenvalue weighted by atomic mass is 32.2. The monoisotopic (exact) mass is 229 g/mol. The Kier molecular flexibility index (Phi) is 3.11. The van der Waals surface area contributed by atoms with Crippen molar-refractivity contribution >= 4 is 9.84 Å². The molecule has 0 amide bonds. The average molecular weight is 229 g/mol. The van der Waals surface area contributed by atoms with E-state index in [1.165, 1.54) is 0 Å². The molecule has 5 heteroatoms. The number of sulfone groups is 1. The molecule has 1 atom stereocenters. The Morgan fingerprint density at radius 3 is 3.00 bits per heavy atom. The van der Waals surface area contributed by atoms with Crippen LogP contribution in [0.4, 0.5) is 0 Å². The molecular formula is C10H15NO3S. The van der Waals surface area contributed by atoms with E-state index >= 15 is 0 Å². The fraction of sp³-hybridized carbons (Fsp3) is 0.600. The number of rotatable bonds is 4. The molecule has 1 aromatic rings. The molecule has 1 N–H and O–H groups in total. The van der Waals surface area contributed by atoms with E-state index in [1.807, 2.05) is 12.1 Å². The van der Waals surface area contributed by atoms with E-state index < -0.39 is 9.84 Å². The van der Waals surface area contributed by atoms with Crippen LogP contribution in [0.25, 0.3) is 0 Å². The molecule has 1 aliphatic heterocycles. The van der Waals surface area contributed by atoms with Crippen molar-refractivity contribution in [2.24, 2.45) is 5.92 Å². The molecule has 2 heterocycles. The molecule has 2 rings (SSSR count). The lowest BCUT2D eigenvalue weighted by Gasteiger charge is -2.07. The van der Waals surface area contributed by atoms with Gasteiger partial charge in [0.15, 0.2) is 9.84 Å². The van der Waals surface area contributed by atoms with Crippen molar-refractivity contribution in [1.82, 2.24) is 5.32 Å². The van der Waals surface area contributed by atoms with Crippen LogP contribution in [0, 0.1) is 5.92 Å². The van der Waals surface area contributed by atoms with Crippen molar-refractivity contribution in [3.05, 3.63) is 24.2 Å². The van der Waals surface area contributed by atoms with E-state index in [-0.39, 0.29) is 5.92 Å². The first-order valence-electron chi connectivity index (χ1n) is 5.09. The van der Waals surface area contributed by atoms with Crippen molar-refractivity contribution in [3.63, 3.8) is 0 Å². The number of hydrogen-bond donors (Lipinski definition) is 1. The summed E-state index contributed by atoms with van der Waals surface area (Å²) in [5.74, 6) is 1.83. The summed E-state index contributed by atoms with van der Waals surface area (Å²) in [6.07, 6.45) is 2.42. The zero-order valence-electron chi connectivity index (χ0n) is 8.48. The van der Waals surface area contributed by atoms with Gasteiger partial charge in [0.25, 0.3) is 0 Å². The van der Waals surface area contributed by atoms with E-state index in [9.17, 15) is 8.42 Å². The topological polar surface area (TPSA) is 59.3 Å². The van der Waals surface area contributed by atoms with Crippen LogP contribution in [0.2, 0.25) is 0 Å². The number of nitrogens with one attached hydrogen (secondary N) is 1. The van der Waals surface area contributed by atoms with Crippen molar-refractivity contribution in [1.29, 1.82) is 0 Å². The van der Waals surface area contributed by atoms with Crippen LogP contribution < -0.4 is 5.32 Å².